The third kappa shape index (κ3) is 5.59. The van der Waals surface area contributed by atoms with E-state index in [1.807, 2.05) is 0 Å². The van der Waals surface area contributed by atoms with Gasteiger partial charge in [0.05, 0.1) is 13.2 Å². The van der Waals surface area contributed by atoms with E-state index in [0.717, 1.165) is 65.4 Å². The summed E-state index contributed by atoms with van der Waals surface area (Å²) in [5.74, 6) is 0.367. The molecule has 3 aliphatic heterocycles. The third-order valence-electron chi connectivity index (χ3n) is 6.99. The van der Waals surface area contributed by atoms with E-state index in [1.54, 1.807) is 0 Å². The van der Waals surface area contributed by atoms with Gasteiger partial charge in [-0.1, -0.05) is 29.8 Å². The molecule has 0 N–H and O–H groups in total. The fourth-order valence-electron chi connectivity index (χ4n) is 5.43. The van der Waals surface area contributed by atoms with Gasteiger partial charge in [-0.15, -0.1) is 0 Å². The molecular formula is C24H37N3O2. The first-order chi connectivity index (χ1) is 14.1. The second-order valence-corrected chi connectivity index (χ2v) is 9.43. The van der Waals surface area contributed by atoms with Crippen molar-refractivity contribution in [1.29, 1.82) is 0 Å². The number of aryl methyl sites for hydroxylation is 1. The molecule has 3 aliphatic rings. The molecule has 3 heterocycles. The Kier molecular flexibility index (Phi) is 6.88. The molecule has 0 bridgehead atoms. The smallest absolute Gasteiger partial charge is 0.222 e. The van der Waals surface area contributed by atoms with Crippen molar-refractivity contribution < 1.29 is 9.53 Å². The zero-order valence-corrected chi connectivity index (χ0v) is 18.1. The molecule has 0 aromatic heterocycles. The molecule has 1 aromatic carbocycles. The maximum absolute atomic E-state index is 12.8. The van der Waals surface area contributed by atoms with Crippen LogP contribution in [0.3, 0.4) is 0 Å². The lowest BCUT2D eigenvalue weighted by molar-refractivity contribution is -0.131. The van der Waals surface area contributed by atoms with Gasteiger partial charge in [0.25, 0.3) is 0 Å². The summed E-state index contributed by atoms with van der Waals surface area (Å²) in [5.41, 5.74) is 3.07. The van der Waals surface area contributed by atoms with Gasteiger partial charge in [-0.25, -0.2) is 0 Å². The van der Waals surface area contributed by atoms with E-state index in [0.29, 0.717) is 17.7 Å². The Hall–Kier alpha value is -1.43. The van der Waals surface area contributed by atoms with Crippen LogP contribution in [0.1, 0.15) is 43.2 Å². The average molecular weight is 400 g/mol. The first kappa shape index (κ1) is 20.8. The van der Waals surface area contributed by atoms with Gasteiger partial charge in [-0.3, -0.25) is 14.6 Å². The van der Waals surface area contributed by atoms with Crippen molar-refractivity contribution in [2.24, 2.45) is 5.41 Å². The van der Waals surface area contributed by atoms with Gasteiger partial charge in [-0.05, 0) is 51.3 Å². The quantitative estimate of drug-likeness (QED) is 0.737. The third-order valence-corrected chi connectivity index (χ3v) is 6.99. The van der Waals surface area contributed by atoms with Crippen LogP contribution in [-0.2, 0) is 16.1 Å². The molecule has 0 unspecified atom stereocenters. The molecule has 3 saturated heterocycles. The van der Waals surface area contributed by atoms with Gasteiger partial charge in [0.15, 0.2) is 0 Å². The summed E-state index contributed by atoms with van der Waals surface area (Å²) in [7, 11) is 0. The maximum atomic E-state index is 12.8. The molecule has 1 atom stereocenters. The standard InChI is InChI=1S/C24H37N3O2/c1-21-5-2-6-22(17-21)18-26-11-4-8-24(19-26)9-12-27(20-24)23(28)7-3-10-25-13-15-29-16-14-25/h2,5-6,17H,3-4,7-16,18-20H2,1H3/t24-/m1/s1. The van der Waals surface area contributed by atoms with E-state index >= 15 is 0 Å². The van der Waals surface area contributed by atoms with Crippen LogP contribution in [0, 0.1) is 12.3 Å². The molecule has 1 spiro atoms. The number of benzene rings is 1. The summed E-state index contributed by atoms with van der Waals surface area (Å²) in [5, 5.41) is 0. The Balaban J connectivity index is 1.24. The number of amides is 1. The Morgan fingerprint density at radius 3 is 2.76 bits per heavy atom. The number of rotatable bonds is 6. The lowest BCUT2D eigenvalue weighted by atomic mass is 9.79. The predicted molar refractivity (Wildman–Crippen MR) is 116 cm³/mol. The van der Waals surface area contributed by atoms with Crippen molar-refractivity contribution in [3.05, 3.63) is 35.4 Å². The summed E-state index contributed by atoms with van der Waals surface area (Å²) in [4.78, 5) is 20.0. The van der Waals surface area contributed by atoms with Crippen LogP contribution in [0.5, 0.6) is 0 Å². The van der Waals surface area contributed by atoms with Gasteiger partial charge >= 0.3 is 0 Å². The van der Waals surface area contributed by atoms with Crippen molar-refractivity contribution in [3.8, 4) is 0 Å². The van der Waals surface area contributed by atoms with Crippen LogP contribution >= 0.6 is 0 Å². The number of likely N-dealkylation sites (tertiary alicyclic amines) is 2. The highest BCUT2D eigenvalue weighted by atomic mass is 16.5. The first-order valence-corrected chi connectivity index (χ1v) is 11.5. The summed E-state index contributed by atoms with van der Waals surface area (Å²) in [6.07, 6.45) is 5.37. The molecule has 4 rings (SSSR count). The van der Waals surface area contributed by atoms with Crippen molar-refractivity contribution >= 4 is 5.91 Å². The molecule has 1 aromatic rings. The molecule has 0 radical (unpaired) electrons. The SMILES string of the molecule is Cc1cccc(CN2CCC[C@@]3(CCN(C(=O)CCCN4CCOCC4)C3)C2)c1. The molecule has 5 nitrogen and oxygen atoms in total. The first-order valence-electron chi connectivity index (χ1n) is 11.5. The largest absolute Gasteiger partial charge is 0.379 e. The monoisotopic (exact) mass is 399 g/mol. The summed E-state index contributed by atoms with van der Waals surface area (Å²) >= 11 is 0. The zero-order valence-electron chi connectivity index (χ0n) is 18.1. The zero-order chi connectivity index (χ0) is 20.1. The number of piperidine rings is 1. The fourth-order valence-corrected chi connectivity index (χ4v) is 5.43. The number of morpholine rings is 1. The van der Waals surface area contributed by atoms with E-state index in [4.69, 9.17) is 4.74 Å². The maximum Gasteiger partial charge on any atom is 0.222 e. The molecule has 160 valence electrons. The van der Waals surface area contributed by atoms with Crippen LogP contribution in [0.25, 0.3) is 0 Å². The number of hydrogen-bond acceptors (Lipinski definition) is 4. The molecule has 1 amide bonds. The van der Waals surface area contributed by atoms with E-state index in [-0.39, 0.29) is 0 Å². The molecule has 3 fully saturated rings. The Labute approximate surface area is 176 Å². The van der Waals surface area contributed by atoms with E-state index in [2.05, 4.69) is 45.9 Å². The van der Waals surface area contributed by atoms with Gasteiger partial charge in [0.2, 0.25) is 5.91 Å². The fraction of sp³-hybridized carbons (Fsp3) is 0.708. The average Bonchev–Trinajstić information content (AvgIpc) is 3.12. The summed E-state index contributed by atoms with van der Waals surface area (Å²) in [6.45, 7) is 12.2. The molecule has 0 aliphatic carbocycles. The van der Waals surface area contributed by atoms with E-state index in [1.165, 1.54) is 36.9 Å². The Morgan fingerprint density at radius 2 is 1.93 bits per heavy atom. The highest BCUT2D eigenvalue weighted by Crippen LogP contribution is 2.39. The van der Waals surface area contributed by atoms with Crippen molar-refractivity contribution in [1.82, 2.24) is 14.7 Å². The second-order valence-electron chi connectivity index (χ2n) is 9.43. The lowest BCUT2D eigenvalue weighted by Crippen LogP contribution is -2.45. The minimum atomic E-state index is 0.321. The van der Waals surface area contributed by atoms with Crippen LogP contribution < -0.4 is 0 Å². The van der Waals surface area contributed by atoms with Crippen LogP contribution in [0.15, 0.2) is 24.3 Å². The lowest BCUT2D eigenvalue weighted by Gasteiger charge is -2.40. The Bertz CT molecular complexity index is 688. The number of nitrogens with zero attached hydrogens (tertiary/aromatic N) is 3. The van der Waals surface area contributed by atoms with Gasteiger partial charge in [0.1, 0.15) is 0 Å². The minimum Gasteiger partial charge on any atom is -0.379 e. The molecule has 29 heavy (non-hydrogen) atoms. The molecular weight excluding hydrogens is 362 g/mol. The minimum absolute atomic E-state index is 0.321. The number of carbonyl (C=O) groups excluding carboxylic acids is 1. The van der Waals surface area contributed by atoms with Crippen LogP contribution in [0.4, 0.5) is 0 Å². The Morgan fingerprint density at radius 1 is 1.07 bits per heavy atom. The van der Waals surface area contributed by atoms with Gasteiger partial charge in [0, 0.05) is 51.1 Å². The predicted octanol–water partition coefficient (Wildman–Crippen LogP) is 2.92. The van der Waals surface area contributed by atoms with Crippen LogP contribution in [-0.4, -0.2) is 79.6 Å². The highest BCUT2D eigenvalue weighted by molar-refractivity contribution is 5.76. The van der Waals surface area contributed by atoms with E-state index in [9.17, 15) is 4.79 Å². The molecule has 0 saturated carbocycles. The van der Waals surface area contributed by atoms with Crippen molar-refractivity contribution in [2.75, 3.05) is 59.0 Å². The van der Waals surface area contributed by atoms with Crippen molar-refractivity contribution in [3.63, 3.8) is 0 Å². The summed E-state index contributed by atoms with van der Waals surface area (Å²) < 4.78 is 5.40. The second kappa shape index (κ2) is 9.59. The number of carbonyl (C=O) groups is 1. The number of ether oxygens (including phenoxy) is 1. The number of hydrogen-bond donors (Lipinski definition) is 0. The van der Waals surface area contributed by atoms with Gasteiger partial charge < -0.3 is 9.64 Å². The van der Waals surface area contributed by atoms with Gasteiger partial charge in [-0.2, -0.15) is 0 Å². The summed E-state index contributed by atoms with van der Waals surface area (Å²) in [6, 6.07) is 8.88. The van der Waals surface area contributed by atoms with Crippen LogP contribution in [0.2, 0.25) is 0 Å². The topological polar surface area (TPSA) is 36.0 Å². The highest BCUT2D eigenvalue weighted by Gasteiger charge is 2.42. The van der Waals surface area contributed by atoms with Crippen molar-refractivity contribution in [2.45, 2.75) is 45.6 Å². The van der Waals surface area contributed by atoms with E-state index < -0.39 is 0 Å². The normalized spacial score (nSPS) is 26.3. The molecule has 5 heteroatoms.